The van der Waals surface area contributed by atoms with E-state index in [1.165, 1.54) is 0 Å². The van der Waals surface area contributed by atoms with Crippen molar-refractivity contribution in [3.05, 3.63) is 0 Å². The summed E-state index contributed by atoms with van der Waals surface area (Å²) in [5.41, 5.74) is 0. The number of hydrogen-bond acceptors (Lipinski definition) is 6. The van der Waals surface area contributed by atoms with E-state index in [1.807, 2.05) is 0 Å². The van der Waals surface area contributed by atoms with Crippen LogP contribution in [0.4, 0.5) is 0 Å². The van der Waals surface area contributed by atoms with Crippen LogP contribution in [0, 0.1) is 11.8 Å². The normalized spacial score (nSPS) is 18.4. The molecule has 9 nitrogen and oxygen atoms in total. The highest BCUT2D eigenvalue weighted by Crippen LogP contribution is 2.39. The van der Waals surface area contributed by atoms with Gasteiger partial charge in [-0.15, -0.1) is 0 Å². The van der Waals surface area contributed by atoms with Gasteiger partial charge in [-0.3, -0.25) is 24.7 Å². The van der Waals surface area contributed by atoms with Crippen LogP contribution >= 0.6 is 7.37 Å². The minimum absolute atomic E-state index is 0.190. The van der Waals surface area contributed by atoms with Crippen LogP contribution in [0.15, 0.2) is 0 Å². The first kappa shape index (κ1) is 20.0. The lowest BCUT2D eigenvalue weighted by atomic mass is 9.91. The molecule has 0 spiro atoms. The Hall–Kier alpha value is -0.990. The van der Waals surface area contributed by atoms with Gasteiger partial charge in [0.2, 0.25) is 7.37 Å². The number of carboxylic acids is 1. The minimum Gasteiger partial charge on any atom is -0.481 e. The van der Waals surface area contributed by atoms with Gasteiger partial charge in [0.1, 0.15) is 11.8 Å². The molecular weight excluding hydrogens is 303 g/mol. The summed E-state index contributed by atoms with van der Waals surface area (Å²) in [6, 6.07) is 0. The summed E-state index contributed by atoms with van der Waals surface area (Å²) >= 11 is 0. The number of nitrogens with one attached hydrogen (secondary N) is 1. The van der Waals surface area contributed by atoms with Crippen LogP contribution in [0.25, 0.3) is 0 Å². The van der Waals surface area contributed by atoms with Crippen molar-refractivity contribution < 1.29 is 34.5 Å². The van der Waals surface area contributed by atoms with Crippen molar-refractivity contribution in [1.82, 2.24) is 10.4 Å². The molecule has 0 aliphatic rings. The van der Waals surface area contributed by atoms with Gasteiger partial charge in [0.05, 0.1) is 6.67 Å². The van der Waals surface area contributed by atoms with Gasteiger partial charge in [0.15, 0.2) is 0 Å². The zero-order chi connectivity index (χ0) is 16.8. The monoisotopic (exact) mass is 326 g/mol. The Morgan fingerprint density at radius 1 is 1.38 bits per heavy atom. The van der Waals surface area contributed by atoms with E-state index in [1.54, 1.807) is 13.8 Å². The molecule has 0 rings (SSSR count). The zero-order valence-corrected chi connectivity index (χ0v) is 13.2. The standard InChI is InChI=1S/C11H23N2O7P/c1-4-7(2)9(11(16)17)10(15)13(18)6-12-5-8(14)21(3,19)20/h7-9,12,14,18H,4-6H2,1-3H3,(H,16,17)(H,19,20). The van der Waals surface area contributed by atoms with Crippen LogP contribution in [0.5, 0.6) is 0 Å². The molecule has 5 N–H and O–H groups in total. The lowest BCUT2D eigenvalue weighted by Crippen LogP contribution is -2.45. The first-order valence-corrected chi connectivity index (χ1v) is 8.61. The lowest BCUT2D eigenvalue weighted by Gasteiger charge is -2.24. The molecule has 0 radical (unpaired) electrons. The number of nitrogens with zero attached hydrogens (tertiary/aromatic N) is 1. The van der Waals surface area contributed by atoms with Crippen molar-refractivity contribution in [2.45, 2.75) is 26.1 Å². The van der Waals surface area contributed by atoms with Gasteiger partial charge in [0, 0.05) is 13.2 Å². The molecule has 1 amide bonds. The molecule has 0 aromatic carbocycles. The topological polar surface area (TPSA) is 147 Å². The summed E-state index contributed by atoms with van der Waals surface area (Å²) in [5.74, 6) is -5.68. The highest BCUT2D eigenvalue weighted by Gasteiger charge is 2.34. The van der Waals surface area contributed by atoms with Crippen LogP contribution in [0.2, 0.25) is 0 Å². The van der Waals surface area contributed by atoms with Crippen LogP contribution in [-0.2, 0) is 14.2 Å². The average molecular weight is 326 g/mol. The van der Waals surface area contributed by atoms with E-state index >= 15 is 0 Å². The molecule has 4 atom stereocenters. The predicted octanol–water partition coefficient (Wildman–Crippen LogP) is -0.283. The SMILES string of the molecule is CCC(C)C(C(=O)O)C(=O)N(O)CNCC(O)P(C)(=O)O. The van der Waals surface area contributed by atoms with Gasteiger partial charge in [-0.25, -0.2) is 5.06 Å². The molecule has 0 aromatic heterocycles. The predicted molar refractivity (Wildman–Crippen MR) is 73.8 cm³/mol. The van der Waals surface area contributed by atoms with E-state index < -0.39 is 43.6 Å². The van der Waals surface area contributed by atoms with Gasteiger partial charge >= 0.3 is 5.97 Å². The fourth-order valence-electron chi connectivity index (χ4n) is 1.54. The van der Waals surface area contributed by atoms with Crippen molar-refractivity contribution in [1.29, 1.82) is 0 Å². The molecule has 0 saturated carbocycles. The molecule has 0 fully saturated rings. The second kappa shape index (κ2) is 8.45. The second-order valence-corrected chi connectivity index (χ2v) is 7.46. The molecule has 21 heavy (non-hydrogen) atoms. The molecule has 0 saturated heterocycles. The van der Waals surface area contributed by atoms with E-state index in [2.05, 4.69) is 5.32 Å². The van der Waals surface area contributed by atoms with Crippen LogP contribution in [-0.4, -0.2) is 63.0 Å². The van der Waals surface area contributed by atoms with Crippen molar-refractivity contribution in [3.63, 3.8) is 0 Å². The summed E-state index contributed by atoms with van der Waals surface area (Å²) in [5, 5.41) is 30.5. The number of carbonyl (C=O) groups is 2. The molecular formula is C11H23N2O7P. The van der Waals surface area contributed by atoms with Crippen molar-refractivity contribution >= 4 is 19.2 Å². The third kappa shape index (κ3) is 6.54. The van der Waals surface area contributed by atoms with Crippen LogP contribution in [0.3, 0.4) is 0 Å². The Morgan fingerprint density at radius 3 is 2.29 bits per heavy atom. The van der Waals surface area contributed by atoms with Gasteiger partial charge < -0.3 is 15.1 Å². The van der Waals surface area contributed by atoms with Crippen molar-refractivity contribution in [2.75, 3.05) is 19.9 Å². The summed E-state index contributed by atoms with van der Waals surface area (Å²) in [4.78, 5) is 32.0. The second-order valence-electron chi connectivity index (χ2n) is 4.98. The van der Waals surface area contributed by atoms with Crippen LogP contribution in [0.1, 0.15) is 20.3 Å². The summed E-state index contributed by atoms with van der Waals surface area (Å²) in [6.45, 7) is 3.50. The Morgan fingerprint density at radius 2 is 1.90 bits per heavy atom. The summed E-state index contributed by atoms with van der Waals surface area (Å²) < 4.78 is 11.1. The number of aliphatic carboxylic acids is 1. The fourth-order valence-corrected chi connectivity index (χ4v) is 2.00. The molecule has 0 aliphatic carbocycles. The van der Waals surface area contributed by atoms with Gasteiger partial charge in [0.25, 0.3) is 5.91 Å². The van der Waals surface area contributed by atoms with E-state index in [0.29, 0.717) is 6.42 Å². The highest BCUT2D eigenvalue weighted by atomic mass is 31.2. The molecule has 124 valence electrons. The molecule has 4 unspecified atom stereocenters. The maximum absolute atomic E-state index is 11.8. The van der Waals surface area contributed by atoms with Crippen molar-refractivity contribution in [2.24, 2.45) is 11.8 Å². The highest BCUT2D eigenvalue weighted by molar-refractivity contribution is 7.57. The van der Waals surface area contributed by atoms with Gasteiger partial charge in [-0.05, 0) is 5.92 Å². The Bertz CT molecular complexity index is 411. The first-order valence-electron chi connectivity index (χ1n) is 6.44. The smallest absolute Gasteiger partial charge is 0.316 e. The van der Waals surface area contributed by atoms with E-state index in [4.69, 9.17) is 10.00 Å². The molecule has 0 bridgehead atoms. The molecule has 0 aliphatic heterocycles. The number of aliphatic hydroxyl groups is 1. The Kier molecular flexibility index (Phi) is 8.05. The minimum atomic E-state index is -3.68. The van der Waals surface area contributed by atoms with E-state index in [-0.39, 0.29) is 11.6 Å². The Labute approximate surface area is 123 Å². The number of rotatable bonds is 9. The first-order chi connectivity index (χ1) is 9.52. The number of amides is 1. The maximum Gasteiger partial charge on any atom is 0.316 e. The van der Waals surface area contributed by atoms with E-state index in [9.17, 15) is 24.5 Å². The maximum atomic E-state index is 11.8. The molecule has 10 heteroatoms. The fraction of sp³-hybridized carbons (Fsp3) is 0.818. The zero-order valence-electron chi connectivity index (χ0n) is 12.3. The number of carboxylic acid groups (broad SMARTS) is 1. The number of hydrogen-bond donors (Lipinski definition) is 5. The summed E-state index contributed by atoms with van der Waals surface area (Å²) in [6.07, 6.45) is 0.451. The average Bonchev–Trinajstić information content (AvgIpc) is 2.36. The quantitative estimate of drug-likeness (QED) is 0.128. The molecule has 0 aromatic rings. The van der Waals surface area contributed by atoms with E-state index in [0.717, 1.165) is 6.66 Å². The number of hydroxylamine groups is 2. The van der Waals surface area contributed by atoms with Gasteiger partial charge in [-0.1, -0.05) is 20.3 Å². The largest absolute Gasteiger partial charge is 0.481 e. The summed E-state index contributed by atoms with van der Waals surface area (Å²) in [7, 11) is -3.68. The number of carbonyl (C=O) groups excluding carboxylic acids is 1. The molecule has 0 heterocycles. The lowest BCUT2D eigenvalue weighted by molar-refractivity contribution is -0.178. The third-order valence-corrected chi connectivity index (χ3v) is 4.43. The van der Waals surface area contributed by atoms with Crippen LogP contribution < -0.4 is 5.32 Å². The third-order valence-electron chi connectivity index (χ3n) is 3.14. The Balaban J connectivity index is 4.51. The number of aliphatic hydroxyl groups excluding tert-OH is 1. The van der Waals surface area contributed by atoms with Crippen molar-refractivity contribution in [3.8, 4) is 0 Å². The van der Waals surface area contributed by atoms with Gasteiger partial charge in [-0.2, -0.15) is 0 Å².